The maximum absolute atomic E-state index is 8.84. The Morgan fingerprint density at radius 2 is 2.50 bits per heavy atom. The molecule has 0 bridgehead atoms. The summed E-state index contributed by atoms with van der Waals surface area (Å²) in [6.07, 6.45) is 2.01. The molecule has 0 radical (unpaired) electrons. The van der Waals surface area contributed by atoms with Crippen molar-refractivity contribution in [2.45, 2.75) is 19.0 Å². The average molecular weight is 164 g/mol. The van der Waals surface area contributed by atoms with Crippen LogP contribution in [0.15, 0.2) is 0 Å². The van der Waals surface area contributed by atoms with Gasteiger partial charge in [-0.3, -0.25) is 0 Å². The monoisotopic (exact) mass is 164 g/mol. The SMILES string of the molecule is CSCCC1OCC(O)O1. The Hall–Kier alpha value is 0.230. The van der Waals surface area contributed by atoms with Crippen LogP contribution in [-0.4, -0.2) is 36.3 Å². The zero-order valence-corrected chi connectivity index (χ0v) is 6.76. The zero-order valence-electron chi connectivity index (χ0n) is 5.95. The summed E-state index contributed by atoms with van der Waals surface area (Å²) >= 11 is 1.75. The van der Waals surface area contributed by atoms with Gasteiger partial charge in [-0.2, -0.15) is 11.8 Å². The molecule has 3 nitrogen and oxygen atoms in total. The largest absolute Gasteiger partial charge is 0.366 e. The lowest BCUT2D eigenvalue weighted by molar-refractivity contribution is -0.114. The molecule has 0 aromatic heterocycles. The van der Waals surface area contributed by atoms with Crippen LogP contribution in [0.3, 0.4) is 0 Å². The molecule has 2 atom stereocenters. The molecule has 0 amide bonds. The summed E-state index contributed by atoms with van der Waals surface area (Å²) in [5.41, 5.74) is 0. The minimum absolute atomic E-state index is 0.178. The molecule has 0 saturated carbocycles. The fourth-order valence-corrected chi connectivity index (χ4v) is 1.24. The lowest BCUT2D eigenvalue weighted by atomic mass is 10.5. The number of hydrogen-bond donors (Lipinski definition) is 1. The standard InChI is InChI=1S/C6H12O3S/c1-10-3-2-6-8-4-5(7)9-6/h5-7H,2-4H2,1H3. The van der Waals surface area contributed by atoms with Crippen LogP contribution in [0.4, 0.5) is 0 Å². The molecule has 1 rings (SSSR count). The minimum Gasteiger partial charge on any atom is -0.366 e. The second-order valence-electron chi connectivity index (χ2n) is 2.14. The van der Waals surface area contributed by atoms with Gasteiger partial charge in [0, 0.05) is 6.42 Å². The van der Waals surface area contributed by atoms with Crippen LogP contribution in [0.25, 0.3) is 0 Å². The highest BCUT2D eigenvalue weighted by molar-refractivity contribution is 7.98. The molecule has 1 heterocycles. The Labute approximate surface area is 64.7 Å². The first-order valence-corrected chi connectivity index (χ1v) is 4.66. The minimum atomic E-state index is -0.702. The van der Waals surface area contributed by atoms with Crippen molar-refractivity contribution in [3.8, 4) is 0 Å². The van der Waals surface area contributed by atoms with Crippen molar-refractivity contribution in [1.29, 1.82) is 0 Å². The molecule has 60 valence electrons. The van der Waals surface area contributed by atoms with E-state index in [-0.39, 0.29) is 6.29 Å². The molecule has 1 saturated heterocycles. The van der Waals surface area contributed by atoms with Gasteiger partial charge in [0.05, 0.1) is 0 Å². The topological polar surface area (TPSA) is 38.7 Å². The van der Waals surface area contributed by atoms with Gasteiger partial charge < -0.3 is 14.6 Å². The van der Waals surface area contributed by atoms with Gasteiger partial charge in [-0.05, 0) is 12.0 Å². The van der Waals surface area contributed by atoms with Crippen LogP contribution in [0.5, 0.6) is 0 Å². The molecule has 0 spiro atoms. The molecular weight excluding hydrogens is 152 g/mol. The van der Waals surface area contributed by atoms with Crippen molar-refractivity contribution in [2.24, 2.45) is 0 Å². The second kappa shape index (κ2) is 4.18. The lowest BCUT2D eigenvalue weighted by Crippen LogP contribution is -2.11. The average Bonchev–Trinajstić information content (AvgIpc) is 2.31. The van der Waals surface area contributed by atoms with Crippen LogP contribution >= 0.6 is 11.8 Å². The van der Waals surface area contributed by atoms with Gasteiger partial charge in [-0.25, -0.2) is 0 Å². The van der Waals surface area contributed by atoms with Crippen molar-refractivity contribution in [3.05, 3.63) is 0 Å². The number of ether oxygens (including phenoxy) is 2. The van der Waals surface area contributed by atoms with Gasteiger partial charge in [0.15, 0.2) is 12.6 Å². The summed E-state index contributed by atoms with van der Waals surface area (Å²) in [5.74, 6) is 1.01. The first kappa shape index (κ1) is 8.33. The maximum atomic E-state index is 8.84. The normalized spacial score (nSPS) is 33.0. The van der Waals surface area contributed by atoms with E-state index in [2.05, 4.69) is 0 Å². The predicted octanol–water partition coefficient (Wildman–Crippen LogP) is 0.431. The molecular formula is C6H12O3S. The first-order chi connectivity index (χ1) is 4.83. The van der Waals surface area contributed by atoms with E-state index in [4.69, 9.17) is 14.6 Å². The molecule has 1 fully saturated rings. The number of hydrogen-bond acceptors (Lipinski definition) is 4. The quantitative estimate of drug-likeness (QED) is 0.656. The van der Waals surface area contributed by atoms with Crippen LogP contribution in [0.2, 0.25) is 0 Å². The lowest BCUT2D eigenvalue weighted by Gasteiger charge is -2.06. The Bertz CT molecular complexity index is 99.0. The van der Waals surface area contributed by atoms with Crippen molar-refractivity contribution in [1.82, 2.24) is 0 Å². The molecule has 2 unspecified atom stereocenters. The molecule has 4 heteroatoms. The van der Waals surface area contributed by atoms with Gasteiger partial charge in [-0.15, -0.1) is 0 Å². The highest BCUT2D eigenvalue weighted by atomic mass is 32.2. The molecule has 10 heavy (non-hydrogen) atoms. The van der Waals surface area contributed by atoms with Crippen LogP contribution in [0, 0.1) is 0 Å². The van der Waals surface area contributed by atoms with E-state index in [1.54, 1.807) is 11.8 Å². The summed E-state index contributed by atoms with van der Waals surface area (Å²) in [6.45, 7) is 0.318. The molecule has 0 aliphatic carbocycles. The van der Waals surface area contributed by atoms with Crippen LogP contribution in [-0.2, 0) is 9.47 Å². The molecule has 1 N–H and O–H groups in total. The van der Waals surface area contributed by atoms with Crippen molar-refractivity contribution in [3.63, 3.8) is 0 Å². The summed E-state index contributed by atoms with van der Waals surface area (Å²) in [5, 5.41) is 8.84. The summed E-state index contributed by atoms with van der Waals surface area (Å²) in [6, 6.07) is 0. The summed E-state index contributed by atoms with van der Waals surface area (Å²) < 4.78 is 10.1. The Morgan fingerprint density at radius 3 is 3.00 bits per heavy atom. The first-order valence-electron chi connectivity index (χ1n) is 3.27. The fraction of sp³-hybridized carbons (Fsp3) is 1.00. The Kier molecular flexibility index (Phi) is 3.48. The third-order valence-corrected chi connectivity index (χ3v) is 1.94. The van der Waals surface area contributed by atoms with Crippen LogP contribution < -0.4 is 0 Å². The molecule has 1 aliphatic heterocycles. The number of aliphatic hydroxyl groups is 1. The van der Waals surface area contributed by atoms with Crippen molar-refractivity contribution < 1.29 is 14.6 Å². The highest BCUT2D eigenvalue weighted by Gasteiger charge is 2.22. The Balaban J connectivity index is 2.06. The van der Waals surface area contributed by atoms with E-state index in [0.717, 1.165) is 12.2 Å². The third kappa shape index (κ3) is 2.46. The van der Waals surface area contributed by atoms with Crippen molar-refractivity contribution in [2.75, 3.05) is 18.6 Å². The van der Waals surface area contributed by atoms with Gasteiger partial charge in [-0.1, -0.05) is 0 Å². The molecule has 0 aromatic carbocycles. The predicted molar refractivity (Wildman–Crippen MR) is 39.8 cm³/mol. The molecule has 1 aliphatic rings. The van der Waals surface area contributed by atoms with Gasteiger partial charge in [0.2, 0.25) is 0 Å². The highest BCUT2D eigenvalue weighted by Crippen LogP contribution is 2.13. The van der Waals surface area contributed by atoms with E-state index in [0.29, 0.717) is 6.61 Å². The second-order valence-corrected chi connectivity index (χ2v) is 3.12. The number of rotatable bonds is 3. The summed E-state index contributed by atoms with van der Waals surface area (Å²) in [7, 11) is 0. The van der Waals surface area contributed by atoms with E-state index < -0.39 is 6.29 Å². The zero-order chi connectivity index (χ0) is 7.40. The van der Waals surface area contributed by atoms with E-state index in [1.807, 2.05) is 6.26 Å². The smallest absolute Gasteiger partial charge is 0.181 e. The Morgan fingerprint density at radius 1 is 1.70 bits per heavy atom. The van der Waals surface area contributed by atoms with Gasteiger partial charge in [0.1, 0.15) is 6.61 Å². The van der Waals surface area contributed by atoms with Gasteiger partial charge in [0.25, 0.3) is 0 Å². The van der Waals surface area contributed by atoms with Crippen LogP contribution in [0.1, 0.15) is 6.42 Å². The fourth-order valence-electron chi connectivity index (χ4n) is 0.809. The number of thioether (sulfide) groups is 1. The third-order valence-electron chi connectivity index (χ3n) is 1.29. The maximum Gasteiger partial charge on any atom is 0.181 e. The van der Waals surface area contributed by atoms with E-state index >= 15 is 0 Å². The van der Waals surface area contributed by atoms with Crippen molar-refractivity contribution >= 4 is 11.8 Å². The summed E-state index contributed by atoms with van der Waals surface area (Å²) in [4.78, 5) is 0. The van der Waals surface area contributed by atoms with E-state index in [9.17, 15) is 0 Å². The van der Waals surface area contributed by atoms with Gasteiger partial charge >= 0.3 is 0 Å². The molecule has 0 aromatic rings. The van der Waals surface area contributed by atoms with E-state index in [1.165, 1.54) is 0 Å². The number of aliphatic hydroxyl groups excluding tert-OH is 1.